The molecule has 0 aromatic carbocycles. The SMILES string of the molecule is CCOCCOCCOCCOCCCCCCCCCCCNC(=O)CS. The van der Waals surface area contributed by atoms with Crippen LogP contribution in [-0.4, -0.2) is 71.1 Å². The third-order valence-corrected chi connectivity index (χ3v) is 4.54. The van der Waals surface area contributed by atoms with E-state index in [2.05, 4.69) is 17.9 Å². The topological polar surface area (TPSA) is 66.0 Å². The lowest BCUT2D eigenvalue weighted by Gasteiger charge is -2.07. The maximum atomic E-state index is 11.0. The molecule has 0 aliphatic rings. The fourth-order valence-electron chi connectivity index (χ4n) is 2.65. The second-order valence-electron chi connectivity index (χ2n) is 6.72. The highest BCUT2D eigenvalue weighted by Crippen LogP contribution is 2.09. The molecule has 0 bridgehead atoms. The van der Waals surface area contributed by atoms with Gasteiger partial charge in [0.1, 0.15) is 0 Å². The number of ether oxygens (including phenoxy) is 4. The fourth-order valence-corrected chi connectivity index (χ4v) is 2.77. The van der Waals surface area contributed by atoms with E-state index in [4.69, 9.17) is 18.9 Å². The van der Waals surface area contributed by atoms with E-state index in [1.165, 1.54) is 44.9 Å². The second-order valence-corrected chi connectivity index (χ2v) is 7.04. The molecule has 0 aliphatic carbocycles. The Morgan fingerprint density at radius 2 is 1.07 bits per heavy atom. The Kier molecular flexibility index (Phi) is 24.4. The zero-order valence-electron chi connectivity index (χ0n) is 17.9. The number of nitrogens with one attached hydrogen (secondary N) is 1. The Morgan fingerprint density at radius 1 is 0.643 bits per heavy atom. The molecule has 1 N–H and O–H groups in total. The highest BCUT2D eigenvalue weighted by molar-refractivity contribution is 7.81. The number of thiol groups is 1. The van der Waals surface area contributed by atoms with Crippen LogP contribution in [0.1, 0.15) is 64.7 Å². The lowest BCUT2D eigenvalue weighted by atomic mass is 10.1. The van der Waals surface area contributed by atoms with Crippen molar-refractivity contribution in [3.8, 4) is 0 Å². The van der Waals surface area contributed by atoms with E-state index in [-0.39, 0.29) is 11.7 Å². The van der Waals surface area contributed by atoms with Crippen molar-refractivity contribution in [2.45, 2.75) is 64.7 Å². The number of rotatable bonds is 23. The lowest BCUT2D eigenvalue weighted by molar-refractivity contribution is -0.118. The van der Waals surface area contributed by atoms with E-state index in [1.54, 1.807) is 0 Å². The molecule has 168 valence electrons. The van der Waals surface area contributed by atoms with Crippen LogP contribution in [0.25, 0.3) is 0 Å². The average Bonchev–Trinajstić information content (AvgIpc) is 2.71. The van der Waals surface area contributed by atoms with Gasteiger partial charge < -0.3 is 24.3 Å². The molecule has 0 aromatic rings. The Balaban J connectivity index is 3.00. The van der Waals surface area contributed by atoms with Crippen LogP contribution in [0.15, 0.2) is 0 Å². The van der Waals surface area contributed by atoms with Crippen LogP contribution in [0.5, 0.6) is 0 Å². The van der Waals surface area contributed by atoms with Gasteiger partial charge in [0.2, 0.25) is 5.91 Å². The van der Waals surface area contributed by atoms with Crippen molar-refractivity contribution in [2.75, 3.05) is 65.2 Å². The standard InChI is InChI=1S/C21H43NO5S/c1-2-24-14-15-26-18-19-27-17-16-25-13-11-9-7-5-3-4-6-8-10-12-22-21(23)20-28/h28H,2-20H2,1H3,(H,22,23). The van der Waals surface area contributed by atoms with Crippen LogP contribution in [-0.2, 0) is 23.7 Å². The van der Waals surface area contributed by atoms with Gasteiger partial charge in [0, 0.05) is 19.8 Å². The van der Waals surface area contributed by atoms with Crippen LogP contribution in [0, 0.1) is 0 Å². The van der Waals surface area contributed by atoms with Gasteiger partial charge in [-0.3, -0.25) is 4.79 Å². The maximum absolute atomic E-state index is 11.0. The summed E-state index contributed by atoms with van der Waals surface area (Å²) >= 11 is 3.93. The van der Waals surface area contributed by atoms with Crippen molar-refractivity contribution in [3.63, 3.8) is 0 Å². The molecule has 0 saturated heterocycles. The maximum Gasteiger partial charge on any atom is 0.229 e. The summed E-state index contributed by atoms with van der Waals surface area (Å²) in [6.45, 7) is 8.11. The summed E-state index contributed by atoms with van der Waals surface area (Å²) in [7, 11) is 0. The minimum Gasteiger partial charge on any atom is -0.379 e. The molecular weight excluding hydrogens is 378 g/mol. The van der Waals surface area contributed by atoms with Crippen LogP contribution in [0.2, 0.25) is 0 Å². The largest absolute Gasteiger partial charge is 0.379 e. The smallest absolute Gasteiger partial charge is 0.229 e. The van der Waals surface area contributed by atoms with Gasteiger partial charge in [-0.15, -0.1) is 0 Å². The summed E-state index contributed by atoms with van der Waals surface area (Å²) in [6, 6.07) is 0. The first-order chi connectivity index (χ1) is 13.8. The lowest BCUT2D eigenvalue weighted by Crippen LogP contribution is -2.25. The molecule has 0 rings (SSSR count). The molecule has 0 spiro atoms. The van der Waals surface area contributed by atoms with Gasteiger partial charge in [0.15, 0.2) is 0 Å². The first-order valence-corrected chi connectivity index (χ1v) is 11.6. The van der Waals surface area contributed by atoms with Crippen molar-refractivity contribution in [3.05, 3.63) is 0 Å². The number of unbranched alkanes of at least 4 members (excludes halogenated alkanes) is 8. The normalized spacial score (nSPS) is 11.1. The number of amides is 1. The third kappa shape index (κ3) is 23.7. The molecule has 0 radical (unpaired) electrons. The van der Waals surface area contributed by atoms with Gasteiger partial charge in [0.05, 0.1) is 45.4 Å². The molecule has 6 nitrogen and oxygen atoms in total. The Hall–Kier alpha value is -0.340. The molecule has 0 aromatic heterocycles. The Bertz CT molecular complexity index is 321. The molecule has 0 fully saturated rings. The summed E-state index contributed by atoms with van der Waals surface area (Å²) < 4.78 is 21.6. The van der Waals surface area contributed by atoms with E-state index in [9.17, 15) is 4.79 Å². The van der Waals surface area contributed by atoms with Crippen molar-refractivity contribution in [1.29, 1.82) is 0 Å². The predicted molar refractivity (Wildman–Crippen MR) is 117 cm³/mol. The van der Waals surface area contributed by atoms with Crippen LogP contribution < -0.4 is 5.32 Å². The minimum absolute atomic E-state index is 0.0264. The fraction of sp³-hybridized carbons (Fsp3) is 0.952. The molecule has 7 heteroatoms. The highest BCUT2D eigenvalue weighted by atomic mass is 32.1. The average molecular weight is 422 g/mol. The molecule has 0 unspecified atom stereocenters. The van der Waals surface area contributed by atoms with Gasteiger partial charge in [-0.25, -0.2) is 0 Å². The summed E-state index contributed by atoms with van der Waals surface area (Å²) in [6.07, 6.45) is 11.1. The third-order valence-electron chi connectivity index (χ3n) is 4.25. The van der Waals surface area contributed by atoms with Crippen molar-refractivity contribution < 1.29 is 23.7 Å². The molecule has 0 heterocycles. The first kappa shape index (κ1) is 27.7. The number of hydrogen-bond acceptors (Lipinski definition) is 6. The molecule has 0 atom stereocenters. The van der Waals surface area contributed by atoms with Gasteiger partial charge >= 0.3 is 0 Å². The molecular formula is C21H43NO5S. The molecule has 0 aliphatic heterocycles. The van der Waals surface area contributed by atoms with E-state index in [1.807, 2.05) is 6.92 Å². The Morgan fingerprint density at radius 3 is 1.57 bits per heavy atom. The predicted octanol–water partition coefficient (Wildman–Crippen LogP) is 3.63. The molecule has 1 amide bonds. The van der Waals surface area contributed by atoms with Gasteiger partial charge in [-0.2, -0.15) is 12.6 Å². The van der Waals surface area contributed by atoms with Crippen LogP contribution >= 0.6 is 12.6 Å². The van der Waals surface area contributed by atoms with E-state index in [0.29, 0.717) is 39.6 Å². The van der Waals surface area contributed by atoms with Crippen molar-refractivity contribution >= 4 is 18.5 Å². The van der Waals surface area contributed by atoms with Gasteiger partial charge in [0.25, 0.3) is 0 Å². The monoisotopic (exact) mass is 421 g/mol. The highest BCUT2D eigenvalue weighted by Gasteiger charge is 1.97. The molecule has 28 heavy (non-hydrogen) atoms. The Labute approximate surface area is 177 Å². The van der Waals surface area contributed by atoms with Crippen LogP contribution in [0.4, 0.5) is 0 Å². The zero-order chi connectivity index (χ0) is 20.5. The van der Waals surface area contributed by atoms with E-state index in [0.717, 1.165) is 32.6 Å². The number of hydrogen-bond donors (Lipinski definition) is 2. The quantitative estimate of drug-likeness (QED) is 0.195. The summed E-state index contributed by atoms with van der Waals surface area (Å²) in [4.78, 5) is 11.0. The molecule has 0 saturated carbocycles. The zero-order valence-corrected chi connectivity index (χ0v) is 18.8. The summed E-state index contributed by atoms with van der Waals surface area (Å²) in [5.74, 6) is 0.308. The second kappa shape index (κ2) is 24.7. The van der Waals surface area contributed by atoms with E-state index >= 15 is 0 Å². The first-order valence-electron chi connectivity index (χ1n) is 11.0. The van der Waals surface area contributed by atoms with Gasteiger partial charge in [-0.05, 0) is 19.8 Å². The number of carbonyl (C=O) groups is 1. The van der Waals surface area contributed by atoms with Crippen LogP contribution in [0.3, 0.4) is 0 Å². The summed E-state index contributed by atoms with van der Waals surface area (Å²) in [5, 5.41) is 2.85. The minimum atomic E-state index is 0.0264. The number of carbonyl (C=O) groups excluding carboxylic acids is 1. The van der Waals surface area contributed by atoms with Crippen molar-refractivity contribution in [2.24, 2.45) is 0 Å². The van der Waals surface area contributed by atoms with Crippen molar-refractivity contribution in [1.82, 2.24) is 5.32 Å². The van der Waals surface area contributed by atoms with E-state index < -0.39 is 0 Å². The van der Waals surface area contributed by atoms with Gasteiger partial charge in [-0.1, -0.05) is 44.9 Å². The summed E-state index contributed by atoms with van der Waals surface area (Å²) in [5.41, 5.74) is 0.